The maximum absolute atomic E-state index is 13.7. The second kappa shape index (κ2) is 10.1. The van der Waals surface area contributed by atoms with E-state index in [4.69, 9.17) is 25.8 Å². The van der Waals surface area contributed by atoms with E-state index in [0.29, 0.717) is 34.9 Å². The van der Waals surface area contributed by atoms with E-state index in [1.165, 1.54) is 12.0 Å². The summed E-state index contributed by atoms with van der Waals surface area (Å²) >= 11 is 6.04. The minimum Gasteiger partial charge on any atom is -0.493 e. The minimum absolute atomic E-state index is 0.156. The van der Waals surface area contributed by atoms with Gasteiger partial charge in [-0.15, -0.1) is 0 Å². The van der Waals surface area contributed by atoms with Crippen molar-refractivity contribution < 1.29 is 28.9 Å². The molecule has 1 amide bonds. The molecule has 0 spiro atoms. The highest BCUT2D eigenvalue weighted by atomic mass is 35.5. The number of benzene rings is 3. The molecule has 0 radical (unpaired) electrons. The Bertz CT molecular complexity index is 1430. The number of ether oxygens (including phenoxy) is 3. The van der Waals surface area contributed by atoms with Gasteiger partial charge in [0, 0.05) is 42.0 Å². The Balaban J connectivity index is 1.39. The van der Waals surface area contributed by atoms with Crippen molar-refractivity contribution >= 4 is 23.5 Å². The number of carbonyl (C=O) groups is 2. The highest BCUT2D eigenvalue weighted by Gasteiger charge is 2.38. The third kappa shape index (κ3) is 5.83. The summed E-state index contributed by atoms with van der Waals surface area (Å²) in [6.07, 6.45) is 1.97. The van der Waals surface area contributed by atoms with Crippen LogP contribution in [0.5, 0.6) is 17.2 Å². The summed E-state index contributed by atoms with van der Waals surface area (Å²) in [5.74, 6) is 0.409. The Morgan fingerprint density at radius 1 is 0.974 bits per heavy atom. The minimum atomic E-state index is -1.08. The number of carboxylic acid groups (broad SMARTS) is 1. The van der Waals surface area contributed by atoms with Gasteiger partial charge >= 0.3 is 5.97 Å². The van der Waals surface area contributed by atoms with Gasteiger partial charge in [0.25, 0.3) is 5.91 Å². The zero-order valence-electron chi connectivity index (χ0n) is 22.5. The number of halogens is 1. The smallest absolute Gasteiger partial charge is 0.323 e. The summed E-state index contributed by atoms with van der Waals surface area (Å²) in [6, 6.07) is 16.8. The molecule has 8 heteroatoms. The first-order chi connectivity index (χ1) is 18.4. The van der Waals surface area contributed by atoms with E-state index < -0.39 is 18.1 Å². The summed E-state index contributed by atoms with van der Waals surface area (Å²) < 4.78 is 17.9. The molecule has 3 aromatic rings. The molecule has 0 aromatic heterocycles. The number of nitrogens with zero attached hydrogens (tertiary/aromatic N) is 1. The van der Waals surface area contributed by atoms with Crippen LogP contribution in [0.4, 0.5) is 0 Å². The second-order valence-corrected chi connectivity index (χ2v) is 11.7. The van der Waals surface area contributed by atoms with E-state index in [0.717, 1.165) is 34.4 Å². The van der Waals surface area contributed by atoms with Gasteiger partial charge < -0.3 is 24.2 Å². The fourth-order valence-electron chi connectivity index (χ4n) is 5.53. The van der Waals surface area contributed by atoms with Crippen molar-refractivity contribution in [2.45, 2.75) is 57.8 Å². The molecule has 204 valence electrons. The molecule has 0 aliphatic carbocycles. The second-order valence-electron chi connectivity index (χ2n) is 11.2. The Labute approximate surface area is 233 Å². The van der Waals surface area contributed by atoms with Crippen molar-refractivity contribution in [3.8, 4) is 17.2 Å². The molecule has 1 atom stereocenters. The standard InChI is InChI=1S/C31H32ClNO6/c1-30(2)15-22-11-20(7-10-25(22)38-30)17-33(18-27(34)35)29(36)21-12-23-16-31(3,39-28(23)26(13-21)37-4)14-19-5-8-24(32)9-6-19/h5-13H,14-18H2,1-4H3,(H,34,35)/t31-/m1/s1. The Hall–Kier alpha value is -3.71. The molecule has 2 aliphatic heterocycles. The zero-order valence-corrected chi connectivity index (χ0v) is 23.3. The molecule has 1 N–H and O–H groups in total. The van der Waals surface area contributed by atoms with Gasteiger partial charge in [-0.25, -0.2) is 0 Å². The fraction of sp³-hybridized carbons (Fsp3) is 0.355. The normalized spacial score (nSPS) is 18.5. The molecular weight excluding hydrogens is 518 g/mol. The topological polar surface area (TPSA) is 85.3 Å². The lowest BCUT2D eigenvalue weighted by Gasteiger charge is -2.24. The van der Waals surface area contributed by atoms with Crippen LogP contribution in [0.1, 0.15) is 53.4 Å². The van der Waals surface area contributed by atoms with Crippen molar-refractivity contribution in [1.29, 1.82) is 0 Å². The molecule has 7 nitrogen and oxygen atoms in total. The lowest BCUT2D eigenvalue weighted by molar-refractivity contribution is -0.137. The molecule has 5 rings (SSSR count). The average molecular weight is 550 g/mol. The van der Waals surface area contributed by atoms with Gasteiger partial charge in [0.2, 0.25) is 0 Å². The SMILES string of the molecule is COc1cc(C(=O)N(CC(=O)O)Cc2ccc3c(c2)CC(C)(C)O3)cc2c1O[C@](C)(Cc1ccc(Cl)cc1)C2. The highest BCUT2D eigenvalue weighted by molar-refractivity contribution is 6.30. The van der Waals surface area contributed by atoms with Crippen molar-refractivity contribution in [3.05, 3.63) is 87.4 Å². The van der Waals surface area contributed by atoms with E-state index >= 15 is 0 Å². The van der Waals surface area contributed by atoms with E-state index in [1.807, 2.05) is 63.2 Å². The van der Waals surface area contributed by atoms with Crippen molar-refractivity contribution in [1.82, 2.24) is 4.90 Å². The third-order valence-corrected chi connectivity index (χ3v) is 7.37. The maximum Gasteiger partial charge on any atom is 0.323 e. The first-order valence-corrected chi connectivity index (χ1v) is 13.3. The maximum atomic E-state index is 13.7. The van der Waals surface area contributed by atoms with E-state index in [-0.39, 0.29) is 18.1 Å². The van der Waals surface area contributed by atoms with Gasteiger partial charge in [0.1, 0.15) is 23.5 Å². The molecule has 0 saturated heterocycles. The van der Waals surface area contributed by atoms with Crippen LogP contribution < -0.4 is 14.2 Å². The molecule has 2 aliphatic rings. The van der Waals surface area contributed by atoms with Crippen LogP contribution in [0, 0.1) is 0 Å². The van der Waals surface area contributed by atoms with Crippen LogP contribution in [0.25, 0.3) is 0 Å². The molecule has 3 aromatic carbocycles. The number of fused-ring (bicyclic) bond motifs is 2. The van der Waals surface area contributed by atoms with Gasteiger partial charge in [0.05, 0.1) is 7.11 Å². The lowest BCUT2D eigenvalue weighted by Crippen LogP contribution is -2.35. The van der Waals surface area contributed by atoms with E-state index in [1.54, 1.807) is 12.1 Å². The molecule has 2 heterocycles. The molecule has 0 saturated carbocycles. The van der Waals surface area contributed by atoms with Crippen molar-refractivity contribution in [2.75, 3.05) is 13.7 Å². The number of rotatable bonds is 8. The summed E-state index contributed by atoms with van der Waals surface area (Å²) in [6.45, 7) is 5.81. The summed E-state index contributed by atoms with van der Waals surface area (Å²) in [7, 11) is 1.53. The predicted octanol–water partition coefficient (Wildman–Crippen LogP) is 5.73. The molecule has 39 heavy (non-hydrogen) atoms. The molecule has 0 bridgehead atoms. The predicted molar refractivity (Wildman–Crippen MR) is 148 cm³/mol. The Kier molecular flexibility index (Phi) is 6.97. The van der Waals surface area contributed by atoms with Crippen molar-refractivity contribution in [3.63, 3.8) is 0 Å². The summed E-state index contributed by atoms with van der Waals surface area (Å²) in [5.41, 5.74) is 3.36. The summed E-state index contributed by atoms with van der Waals surface area (Å²) in [5, 5.41) is 10.3. The number of carbonyl (C=O) groups excluding carboxylic acids is 1. The van der Waals surface area contributed by atoms with Gasteiger partial charge in [-0.1, -0.05) is 35.9 Å². The van der Waals surface area contributed by atoms with Gasteiger partial charge in [0.15, 0.2) is 11.5 Å². The average Bonchev–Trinajstić information content (AvgIpc) is 3.37. The number of methoxy groups -OCH3 is 1. The van der Waals surface area contributed by atoms with Crippen molar-refractivity contribution in [2.24, 2.45) is 0 Å². The molecule has 0 unspecified atom stereocenters. The molecule has 0 fully saturated rings. The number of amides is 1. The zero-order chi connectivity index (χ0) is 27.9. The van der Waals surface area contributed by atoms with Crippen LogP contribution in [-0.2, 0) is 30.6 Å². The monoisotopic (exact) mass is 549 g/mol. The largest absolute Gasteiger partial charge is 0.493 e. The van der Waals surface area contributed by atoms with Crippen LogP contribution >= 0.6 is 11.6 Å². The Morgan fingerprint density at radius 3 is 2.38 bits per heavy atom. The Morgan fingerprint density at radius 2 is 1.69 bits per heavy atom. The first-order valence-electron chi connectivity index (χ1n) is 12.9. The molecular formula is C31H32ClNO6. The fourth-order valence-corrected chi connectivity index (χ4v) is 5.65. The van der Waals surface area contributed by atoms with Gasteiger partial charge in [-0.2, -0.15) is 0 Å². The van der Waals surface area contributed by atoms with Crippen LogP contribution in [-0.4, -0.2) is 46.7 Å². The van der Waals surface area contributed by atoms with Crippen LogP contribution in [0.2, 0.25) is 5.02 Å². The summed E-state index contributed by atoms with van der Waals surface area (Å²) in [4.78, 5) is 26.8. The lowest BCUT2D eigenvalue weighted by atomic mass is 9.91. The van der Waals surface area contributed by atoms with Crippen LogP contribution in [0.15, 0.2) is 54.6 Å². The number of aliphatic carboxylic acids is 1. The third-order valence-electron chi connectivity index (χ3n) is 7.12. The van der Waals surface area contributed by atoms with Gasteiger partial charge in [-0.05, 0) is 67.8 Å². The number of hydrogen-bond donors (Lipinski definition) is 1. The highest BCUT2D eigenvalue weighted by Crippen LogP contribution is 2.44. The van der Waals surface area contributed by atoms with E-state index in [2.05, 4.69) is 0 Å². The van der Waals surface area contributed by atoms with E-state index in [9.17, 15) is 14.7 Å². The van der Waals surface area contributed by atoms with Crippen LogP contribution in [0.3, 0.4) is 0 Å². The quantitative estimate of drug-likeness (QED) is 0.386. The number of carboxylic acids is 1. The number of hydrogen-bond acceptors (Lipinski definition) is 5. The first kappa shape index (κ1) is 26.9. The van der Waals surface area contributed by atoms with Gasteiger partial charge in [-0.3, -0.25) is 9.59 Å².